The predicted octanol–water partition coefficient (Wildman–Crippen LogP) is 2.99. The second-order valence-corrected chi connectivity index (χ2v) is 6.32. The quantitative estimate of drug-likeness (QED) is 0.873. The van der Waals surface area contributed by atoms with Crippen LogP contribution in [0.1, 0.15) is 37.5 Å². The average molecular weight is 315 g/mol. The number of aromatic nitrogens is 2. The minimum atomic E-state index is -0.378. The van der Waals surface area contributed by atoms with Crippen LogP contribution in [0.4, 0.5) is 4.39 Å². The van der Waals surface area contributed by atoms with Crippen molar-refractivity contribution in [1.29, 1.82) is 0 Å². The highest BCUT2D eigenvalue weighted by atomic mass is 19.1. The highest BCUT2D eigenvalue weighted by Gasteiger charge is 2.36. The van der Waals surface area contributed by atoms with E-state index in [0.29, 0.717) is 18.0 Å². The Morgan fingerprint density at radius 1 is 1.22 bits per heavy atom. The molecule has 2 heterocycles. The minimum Gasteiger partial charge on any atom is -0.420 e. The van der Waals surface area contributed by atoms with Gasteiger partial charge >= 0.3 is 0 Å². The van der Waals surface area contributed by atoms with Crippen molar-refractivity contribution in [2.24, 2.45) is 5.92 Å². The molecular formula is C17H18FN3O2. The first-order valence-electron chi connectivity index (χ1n) is 8.09. The first-order valence-corrected chi connectivity index (χ1v) is 8.09. The molecule has 0 radical (unpaired) electrons. The van der Waals surface area contributed by atoms with Gasteiger partial charge < -0.3 is 9.32 Å². The van der Waals surface area contributed by atoms with Gasteiger partial charge in [0, 0.05) is 19.0 Å². The number of hydrogen-bond acceptors (Lipinski definition) is 4. The summed E-state index contributed by atoms with van der Waals surface area (Å²) in [7, 11) is 0. The number of carbonyl (C=O) groups is 1. The lowest BCUT2D eigenvalue weighted by molar-refractivity contribution is -0.133. The van der Waals surface area contributed by atoms with Crippen LogP contribution in [0.25, 0.3) is 11.5 Å². The molecule has 2 aliphatic rings. The molecule has 6 heteroatoms. The normalized spacial score (nSPS) is 21.4. The van der Waals surface area contributed by atoms with Gasteiger partial charge in [-0.1, -0.05) is 12.1 Å². The summed E-state index contributed by atoms with van der Waals surface area (Å²) >= 11 is 0. The molecule has 1 saturated carbocycles. The smallest absolute Gasteiger partial charge is 0.250 e. The molecule has 23 heavy (non-hydrogen) atoms. The maximum absolute atomic E-state index is 13.8. The number of hydrogen-bond donors (Lipinski definition) is 0. The van der Waals surface area contributed by atoms with Gasteiger partial charge in [-0.05, 0) is 37.8 Å². The Kier molecular flexibility index (Phi) is 3.59. The maximum atomic E-state index is 13.8. The number of likely N-dealkylation sites (tertiary alicyclic amines) is 1. The first kappa shape index (κ1) is 14.4. The molecule has 2 fully saturated rings. The van der Waals surface area contributed by atoms with E-state index in [9.17, 15) is 9.18 Å². The number of carbonyl (C=O) groups excluding carboxylic acids is 1. The van der Waals surface area contributed by atoms with E-state index in [0.717, 1.165) is 32.2 Å². The lowest BCUT2D eigenvalue weighted by atomic mass is 9.97. The molecule has 1 amide bonds. The van der Waals surface area contributed by atoms with Crippen LogP contribution < -0.4 is 0 Å². The largest absolute Gasteiger partial charge is 0.420 e. The van der Waals surface area contributed by atoms with Crippen LogP contribution in [-0.2, 0) is 4.79 Å². The molecule has 2 aromatic rings. The van der Waals surface area contributed by atoms with Gasteiger partial charge in [0.15, 0.2) is 0 Å². The van der Waals surface area contributed by atoms with E-state index in [1.165, 1.54) is 6.07 Å². The molecule has 1 atom stereocenters. The number of benzene rings is 1. The van der Waals surface area contributed by atoms with E-state index >= 15 is 0 Å². The van der Waals surface area contributed by atoms with E-state index < -0.39 is 0 Å². The molecule has 1 aliphatic carbocycles. The highest BCUT2D eigenvalue weighted by molar-refractivity contribution is 5.81. The van der Waals surface area contributed by atoms with Crippen LogP contribution in [0.5, 0.6) is 0 Å². The van der Waals surface area contributed by atoms with Crippen molar-refractivity contribution in [3.8, 4) is 11.5 Å². The van der Waals surface area contributed by atoms with E-state index in [4.69, 9.17) is 4.42 Å². The Labute approximate surface area is 133 Å². The molecule has 1 aromatic heterocycles. The molecule has 120 valence electrons. The summed E-state index contributed by atoms with van der Waals surface area (Å²) in [5.74, 6) is 0.839. The topological polar surface area (TPSA) is 59.2 Å². The number of piperidine rings is 1. The SMILES string of the molecule is O=C(C1CC1)N1CCCC(c2nnc(-c3ccccc3F)o2)C1. The fraction of sp³-hybridized carbons (Fsp3) is 0.471. The standard InChI is InChI=1S/C17H18FN3O2/c18-14-6-2-1-5-13(14)16-20-19-15(23-16)12-4-3-9-21(10-12)17(22)11-7-8-11/h1-2,5-6,11-12H,3-4,7-10H2. The van der Waals surface area contributed by atoms with Gasteiger partial charge in [-0.15, -0.1) is 10.2 Å². The molecule has 0 bridgehead atoms. The van der Waals surface area contributed by atoms with Crippen LogP contribution in [0, 0.1) is 11.7 Å². The summed E-state index contributed by atoms with van der Waals surface area (Å²) in [6.45, 7) is 1.42. The zero-order valence-electron chi connectivity index (χ0n) is 12.7. The van der Waals surface area contributed by atoms with Gasteiger partial charge in [0.2, 0.25) is 11.8 Å². The van der Waals surface area contributed by atoms with Crippen LogP contribution in [0.2, 0.25) is 0 Å². The number of nitrogens with zero attached hydrogens (tertiary/aromatic N) is 3. The second-order valence-electron chi connectivity index (χ2n) is 6.32. The molecule has 0 spiro atoms. The molecule has 1 aliphatic heterocycles. The van der Waals surface area contributed by atoms with Crippen LogP contribution in [0.3, 0.4) is 0 Å². The Balaban J connectivity index is 1.52. The average Bonchev–Trinajstić information content (AvgIpc) is 3.32. The predicted molar refractivity (Wildman–Crippen MR) is 81.0 cm³/mol. The zero-order valence-corrected chi connectivity index (χ0v) is 12.7. The third-order valence-electron chi connectivity index (χ3n) is 4.55. The monoisotopic (exact) mass is 315 g/mol. The number of amides is 1. The molecule has 1 saturated heterocycles. The maximum Gasteiger partial charge on any atom is 0.250 e. The van der Waals surface area contributed by atoms with Crippen molar-refractivity contribution in [3.63, 3.8) is 0 Å². The number of rotatable bonds is 3. The minimum absolute atomic E-state index is 0.0412. The fourth-order valence-corrected chi connectivity index (χ4v) is 3.11. The van der Waals surface area contributed by atoms with E-state index in [-0.39, 0.29) is 29.5 Å². The van der Waals surface area contributed by atoms with E-state index in [1.807, 2.05) is 4.90 Å². The van der Waals surface area contributed by atoms with Crippen molar-refractivity contribution >= 4 is 5.91 Å². The molecule has 1 aromatic carbocycles. The molecule has 1 unspecified atom stereocenters. The summed E-state index contributed by atoms with van der Waals surface area (Å²) in [4.78, 5) is 14.1. The summed E-state index contributed by atoms with van der Waals surface area (Å²) in [5, 5.41) is 8.07. The van der Waals surface area contributed by atoms with Crippen molar-refractivity contribution < 1.29 is 13.6 Å². The third-order valence-corrected chi connectivity index (χ3v) is 4.55. The van der Waals surface area contributed by atoms with Gasteiger partial charge in [-0.25, -0.2) is 4.39 Å². The summed E-state index contributed by atoms with van der Waals surface area (Å²) in [6.07, 6.45) is 3.86. The van der Waals surface area contributed by atoms with Gasteiger partial charge in [-0.2, -0.15) is 0 Å². The fourth-order valence-electron chi connectivity index (χ4n) is 3.11. The molecule has 0 N–H and O–H groups in total. The summed E-state index contributed by atoms with van der Waals surface area (Å²) in [6, 6.07) is 6.35. The number of halogens is 1. The van der Waals surface area contributed by atoms with Crippen LogP contribution in [-0.4, -0.2) is 34.1 Å². The Morgan fingerprint density at radius 3 is 2.83 bits per heavy atom. The van der Waals surface area contributed by atoms with Crippen molar-refractivity contribution in [1.82, 2.24) is 15.1 Å². The molecule has 4 rings (SSSR count). The van der Waals surface area contributed by atoms with Gasteiger partial charge in [0.1, 0.15) is 5.82 Å². The van der Waals surface area contributed by atoms with E-state index in [1.54, 1.807) is 18.2 Å². The van der Waals surface area contributed by atoms with Crippen molar-refractivity contribution in [2.75, 3.05) is 13.1 Å². The van der Waals surface area contributed by atoms with Crippen LogP contribution in [0.15, 0.2) is 28.7 Å². The van der Waals surface area contributed by atoms with Gasteiger partial charge in [0.05, 0.1) is 11.5 Å². The lowest BCUT2D eigenvalue weighted by Gasteiger charge is -2.31. The Bertz CT molecular complexity index is 726. The Hall–Kier alpha value is -2.24. The molecule has 5 nitrogen and oxygen atoms in total. The first-order chi connectivity index (χ1) is 11.2. The molecular weight excluding hydrogens is 297 g/mol. The zero-order chi connectivity index (χ0) is 15.8. The lowest BCUT2D eigenvalue weighted by Crippen LogP contribution is -2.40. The Morgan fingerprint density at radius 2 is 2.04 bits per heavy atom. The second kappa shape index (κ2) is 5.76. The summed E-state index contributed by atoms with van der Waals surface area (Å²) < 4.78 is 19.5. The summed E-state index contributed by atoms with van der Waals surface area (Å²) in [5.41, 5.74) is 0.313. The van der Waals surface area contributed by atoms with Gasteiger partial charge in [0.25, 0.3) is 5.89 Å². The highest BCUT2D eigenvalue weighted by Crippen LogP contribution is 2.34. The van der Waals surface area contributed by atoms with Crippen molar-refractivity contribution in [2.45, 2.75) is 31.6 Å². The van der Waals surface area contributed by atoms with Crippen LogP contribution >= 0.6 is 0 Å². The van der Waals surface area contributed by atoms with Crippen molar-refractivity contribution in [3.05, 3.63) is 36.0 Å². The van der Waals surface area contributed by atoms with Gasteiger partial charge in [-0.3, -0.25) is 4.79 Å². The third kappa shape index (κ3) is 2.85. The van der Waals surface area contributed by atoms with E-state index in [2.05, 4.69) is 10.2 Å².